The molecule has 2 saturated heterocycles. The van der Waals surface area contributed by atoms with E-state index in [4.69, 9.17) is 19.2 Å². The molecular weight excluding hydrogens is 686 g/mol. The van der Waals surface area contributed by atoms with Gasteiger partial charge in [0.1, 0.15) is 30.0 Å². The summed E-state index contributed by atoms with van der Waals surface area (Å²) < 4.78 is 16.8. The number of amides is 3. The monoisotopic (exact) mass is 737 g/mol. The second-order valence-corrected chi connectivity index (χ2v) is 14.9. The molecule has 4 aromatic rings. The van der Waals surface area contributed by atoms with E-state index in [-0.39, 0.29) is 29.7 Å². The molecule has 3 aliphatic heterocycles. The number of aromatic nitrogens is 4. The topological polar surface area (TPSA) is 164 Å². The number of ether oxygens (including phenoxy) is 3. The van der Waals surface area contributed by atoms with E-state index in [1.165, 1.54) is 7.11 Å². The Morgan fingerprint density at radius 2 is 1.72 bits per heavy atom. The second-order valence-electron chi connectivity index (χ2n) is 14.9. The molecule has 286 valence electrons. The number of carbonyl (C=O) groups excluding carboxylic acids is 3. The van der Waals surface area contributed by atoms with Crippen molar-refractivity contribution in [2.24, 2.45) is 11.8 Å². The van der Waals surface area contributed by atoms with Gasteiger partial charge in [-0.1, -0.05) is 63.9 Å². The maximum Gasteiger partial charge on any atom is 0.407 e. The summed E-state index contributed by atoms with van der Waals surface area (Å²) in [5, 5.41) is 5.75. The number of alkyl carbamates (subject to hydrolysis) is 1. The summed E-state index contributed by atoms with van der Waals surface area (Å²) in [5.74, 6) is 2.40. The van der Waals surface area contributed by atoms with E-state index in [2.05, 4.69) is 69.8 Å². The summed E-state index contributed by atoms with van der Waals surface area (Å²) in [6, 6.07) is 13.2. The zero-order chi connectivity index (χ0) is 37.8. The number of hydrogen-bond donors (Lipinski definition) is 4. The van der Waals surface area contributed by atoms with Gasteiger partial charge in [-0.2, -0.15) is 0 Å². The van der Waals surface area contributed by atoms with Gasteiger partial charge in [-0.15, -0.1) is 0 Å². The highest BCUT2D eigenvalue weighted by molar-refractivity contribution is 5.86. The average Bonchev–Trinajstić information content (AvgIpc) is 3.97. The molecule has 54 heavy (non-hydrogen) atoms. The van der Waals surface area contributed by atoms with Crippen LogP contribution < -0.4 is 15.4 Å². The molecule has 0 radical (unpaired) electrons. The smallest absolute Gasteiger partial charge is 0.407 e. The minimum atomic E-state index is -0.701. The van der Waals surface area contributed by atoms with Crippen LogP contribution in [0.1, 0.15) is 95.1 Å². The van der Waals surface area contributed by atoms with E-state index in [0.717, 1.165) is 89.6 Å². The maximum atomic E-state index is 13.3. The van der Waals surface area contributed by atoms with Gasteiger partial charge in [0.05, 0.1) is 42.5 Å². The number of rotatable bonds is 7. The maximum absolute atomic E-state index is 13.3. The number of fused-ring (bicyclic) bond motifs is 3. The Balaban J connectivity index is 1.05. The summed E-state index contributed by atoms with van der Waals surface area (Å²) in [7, 11) is 1.29. The van der Waals surface area contributed by atoms with Crippen molar-refractivity contribution in [2.75, 3.05) is 26.9 Å². The standard InChI is InChI=1S/C41H51N7O6/c1-24(2)25(3)40(50)48-18-8-10-34(48)38-44-33-23-54-35-21-28(15-16-29(35)36(33)47-38)26-11-13-27(14-12-26)32-22-42-37(43-32)30-17-20-53-19-7-5-6-9-31(39(49)45-30)46-41(51)52-4/h11-16,21-22,24-25,30-31,34H,5-10,17-20,23H2,1-4H3,(H,42,43)(H,44,47)(H,45,49)(H,46,51)/t25-,30-,31-,34-/m0/s1. The summed E-state index contributed by atoms with van der Waals surface area (Å²) in [4.78, 5) is 57.2. The molecule has 3 aliphatic rings. The first-order valence-electron chi connectivity index (χ1n) is 19.2. The molecule has 7 rings (SSSR count). The molecule has 0 bridgehead atoms. The molecule has 5 heterocycles. The highest BCUT2D eigenvalue weighted by Gasteiger charge is 2.36. The van der Waals surface area contributed by atoms with Crippen molar-refractivity contribution in [1.29, 1.82) is 0 Å². The lowest BCUT2D eigenvalue weighted by atomic mass is 9.96. The minimum Gasteiger partial charge on any atom is -0.487 e. The van der Waals surface area contributed by atoms with Crippen molar-refractivity contribution >= 4 is 17.9 Å². The van der Waals surface area contributed by atoms with Crippen LogP contribution in [0.3, 0.4) is 0 Å². The summed E-state index contributed by atoms with van der Waals surface area (Å²) in [6.45, 7) is 8.47. The third kappa shape index (κ3) is 8.01. The molecule has 2 aromatic heterocycles. The number of nitrogens with one attached hydrogen (secondary N) is 4. The van der Waals surface area contributed by atoms with Gasteiger partial charge in [0, 0.05) is 31.2 Å². The molecule has 3 amide bonds. The number of benzene rings is 2. The SMILES string of the molecule is COC(=O)N[C@H]1CCCCCOCC[C@@H](c2ncc(-c3ccc(-c4ccc5c(c4)OCc4[nH]c([C@@H]6CCCN6C(=O)[C@@H](C)C(C)C)nc4-5)cc3)[nH]2)NC1=O. The van der Waals surface area contributed by atoms with Crippen LogP contribution in [-0.4, -0.2) is 75.7 Å². The summed E-state index contributed by atoms with van der Waals surface area (Å²) >= 11 is 0. The molecule has 13 heteroatoms. The van der Waals surface area contributed by atoms with Crippen LogP contribution in [-0.2, 0) is 25.7 Å². The van der Waals surface area contributed by atoms with Crippen LogP contribution in [0.25, 0.3) is 33.6 Å². The number of carbonyl (C=O) groups is 3. The average molecular weight is 738 g/mol. The van der Waals surface area contributed by atoms with Crippen molar-refractivity contribution in [3.8, 4) is 39.4 Å². The fourth-order valence-corrected chi connectivity index (χ4v) is 7.50. The van der Waals surface area contributed by atoms with Crippen molar-refractivity contribution in [3.63, 3.8) is 0 Å². The van der Waals surface area contributed by atoms with Crippen LogP contribution in [0.15, 0.2) is 48.7 Å². The van der Waals surface area contributed by atoms with Crippen LogP contribution in [0.4, 0.5) is 4.79 Å². The highest BCUT2D eigenvalue weighted by Crippen LogP contribution is 2.41. The van der Waals surface area contributed by atoms with Gasteiger partial charge in [0.25, 0.3) is 0 Å². The zero-order valence-corrected chi connectivity index (χ0v) is 31.6. The molecule has 2 aromatic carbocycles. The Kier molecular flexibility index (Phi) is 11.3. The molecule has 4 N–H and O–H groups in total. The number of likely N-dealkylation sites (tertiary alicyclic amines) is 1. The van der Waals surface area contributed by atoms with Gasteiger partial charge < -0.3 is 39.7 Å². The van der Waals surface area contributed by atoms with Crippen LogP contribution in [0.2, 0.25) is 0 Å². The lowest BCUT2D eigenvalue weighted by Gasteiger charge is -2.27. The van der Waals surface area contributed by atoms with E-state index < -0.39 is 18.2 Å². The fourth-order valence-electron chi connectivity index (χ4n) is 7.50. The minimum absolute atomic E-state index is 0.0316. The molecule has 0 unspecified atom stereocenters. The Morgan fingerprint density at radius 1 is 0.926 bits per heavy atom. The normalized spacial score (nSPS) is 21.2. The largest absolute Gasteiger partial charge is 0.487 e. The number of aromatic amines is 2. The predicted octanol–water partition coefficient (Wildman–Crippen LogP) is 6.84. The van der Waals surface area contributed by atoms with E-state index in [0.29, 0.717) is 38.5 Å². The lowest BCUT2D eigenvalue weighted by molar-refractivity contribution is -0.137. The van der Waals surface area contributed by atoms with Crippen LogP contribution in [0, 0.1) is 11.8 Å². The number of hydrogen-bond acceptors (Lipinski definition) is 8. The number of imidazole rings is 2. The lowest BCUT2D eigenvalue weighted by Crippen LogP contribution is -2.48. The number of H-pyrrole nitrogens is 2. The molecule has 0 saturated carbocycles. The molecule has 0 aliphatic carbocycles. The molecular formula is C41H51N7O6. The Bertz CT molecular complexity index is 1950. The highest BCUT2D eigenvalue weighted by atomic mass is 16.5. The molecule has 13 nitrogen and oxygen atoms in total. The number of methoxy groups -OCH3 is 1. The zero-order valence-electron chi connectivity index (χ0n) is 31.6. The molecule has 4 atom stereocenters. The van der Waals surface area contributed by atoms with Gasteiger partial charge >= 0.3 is 6.09 Å². The molecule has 2 fully saturated rings. The van der Waals surface area contributed by atoms with Gasteiger partial charge in [-0.05, 0) is 66.8 Å². The molecule has 0 spiro atoms. The van der Waals surface area contributed by atoms with Crippen molar-refractivity contribution in [3.05, 3.63) is 66.0 Å². The van der Waals surface area contributed by atoms with Crippen molar-refractivity contribution in [2.45, 2.75) is 90.4 Å². The summed E-state index contributed by atoms with van der Waals surface area (Å²) in [5.41, 5.74) is 6.58. The first kappa shape index (κ1) is 37.2. The second kappa shape index (κ2) is 16.5. The Morgan fingerprint density at radius 3 is 2.52 bits per heavy atom. The van der Waals surface area contributed by atoms with E-state index in [1.807, 2.05) is 24.0 Å². The van der Waals surface area contributed by atoms with Crippen LogP contribution in [0.5, 0.6) is 5.75 Å². The summed E-state index contributed by atoms with van der Waals surface area (Å²) in [6.07, 6.45) is 6.62. The van der Waals surface area contributed by atoms with Crippen LogP contribution >= 0.6 is 0 Å². The van der Waals surface area contributed by atoms with E-state index in [9.17, 15) is 14.4 Å². The van der Waals surface area contributed by atoms with Crippen molar-refractivity contribution in [1.82, 2.24) is 35.5 Å². The first-order valence-corrected chi connectivity index (χ1v) is 19.2. The quantitative estimate of drug-likeness (QED) is 0.160. The Hall–Kier alpha value is -5.17. The predicted molar refractivity (Wildman–Crippen MR) is 203 cm³/mol. The van der Waals surface area contributed by atoms with Gasteiger partial charge in [0.15, 0.2) is 0 Å². The third-order valence-electron chi connectivity index (χ3n) is 11.0. The number of nitrogens with zero attached hydrogens (tertiary/aromatic N) is 3. The fraction of sp³-hybridized carbons (Fsp3) is 0.488. The Labute approximate surface area is 316 Å². The first-order chi connectivity index (χ1) is 26.2. The van der Waals surface area contributed by atoms with Gasteiger partial charge in [-0.25, -0.2) is 14.8 Å². The third-order valence-corrected chi connectivity index (χ3v) is 11.0. The van der Waals surface area contributed by atoms with E-state index >= 15 is 0 Å². The van der Waals surface area contributed by atoms with Gasteiger partial charge in [0.2, 0.25) is 11.8 Å². The van der Waals surface area contributed by atoms with E-state index in [1.54, 1.807) is 6.20 Å². The van der Waals surface area contributed by atoms with Crippen molar-refractivity contribution < 1.29 is 28.6 Å². The van der Waals surface area contributed by atoms with Gasteiger partial charge in [-0.3, -0.25) is 9.59 Å².